The van der Waals surface area contributed by atoms with E-state index in [1.165, 1.54) is 4.31 Å². The highest BCUT2D eigenvalue weighted by Crippen LogP contribution is 2.56. The number of nitrogens with zero attached hydrogens (tertiary/aromatic N) is 1. The van der Waals surface area contributed by atoms with Crippen LogP contribution in [0, 0.1) is 0 Å². The molecule has 3 aliphatic rings. The number of thioether (sulfide) groups is 1. The summed E-state index contributed by atoms with van der Waals surface area (Å²) in [7, 11) is -1.61. The smallest absolute Gasteiger partial charge is 0.330 e. The third-order valence-electron chi connectivity index (χ3n) is 3.83. The van der Waals surface area contributed by atoms with Gasteiger partial charge in [-0.1, -0.05) is 6.58 Å². The first-order chi connectivity index (χ1) is 7.96. The molecule has 94 valence electrons. The molecule has 0 N–H and O–H groups in total. The van der Waals surface area contributed by atoms with E-state index in [2.05, 4.69) is 6.58 Å². The van der Waals surface area contributed by atoms with E-state index in [-0.39, 0.29) is 27.9 Å². The lowest BCUT2D eigenvalue weighted by molar-refractivity contribution is -0.145. The van der Waals surface area contributed by atoms with E-state index in [0.29, 0.717) is 6.42 Å². The SMILES string of the molecule is C=CC(=O)OC1C2C3S[C@H]1CC3S(=O)(=O)N2C. The minimum absolute atomic E-state index is 0.0533. The van der Waals surface area contributed by atoms with E-state index in [9.17, 15) is 13.2 Å². The van der Waals surface area contributed by atoms with Crippen LogP contribution in [0.25, 0.3) is 0 Å². The first-order valence-corrected chi connectivity index (χ1v) is 7.87. The molecule has 0 radical (unpaired) electrons. The number of ether oxygens (including phenoxy) is 1. The molecule has 3 rings (SSSR count). The Hall–Kier alpha value is -0.530. The van der Waals surface area contributed by atoms with Gasteiger partial charge in [-0.25, -0.2) is 13.2 Å². The minimum Gasteiger partial charge on any atom is -0.456 e. The molecular weight excluding hydrogens is 262 g/mol. The van der Waals surface area contributed by atoms with E-state index in [1.807, 2.05) is 0 Å². The van der Waals surface area contributed by atoms with Crippen molar-refractivity contribution in [1.82, 2.24) is 4.31 Å². The van der Waals surface area contributed by atoms with Crippen molar-refractivity contribution in [3.05, 3.63) is 12.7 Å². The Bertz CT molecular complexity index is 489. The molecule has 0 aromatic heterocycles. The van der Waals surface area contributed by atoms with Gasteiger partial charge in [0, 0.05) is 23.6 Å². The zero-order valence-corrected chi connectivity index (χ0v) is 10.9. The van der Waals surface area contributed by atoms with Crippen LogP contribution in [0.5, 0.6) is 0 Å². The maximum Gasteiger partial charge on any atom is 0.330 e. The molecule has 0 aromatic rings. The molecule has 0 amide bonds. The highest BCUT2D eigenvalue weighted by atomic mass is 32.2. The molecule has 7 heteroatoms. The van der Waals surface area contributed by atoms with Gasteiger partial charge in [-0.05, 0) is 6.42 Å². The van der Waals surface area contributed by atoms with Gasteiger partial charge in [-0.2, -0.15) is 4.31 Å². The fraction of sp³-hybridized carbons (Fsp3) is 0.700. The number of likely N-dealkylation sites (N-methyl/N-ethyl adjacent to an activating group) is 1. The van der Waals surface area contributed by atoms with Crippen LogP contribution in [0.4, 0.5) is 0 Å². The number of carbonyl (C=O) groups is 1. The van der Waals surface area contributed by atoms with Crippen LogP contribution in [0.15, 0.2) is 12.7 Å². The topological polar surface area (TPSA) is 63.7 Å². The fourth-order valence-corrected chi connectivity index (χ4v) is 7.70. The highest BCUT2D eigenvalue weighted by Gasteiger charge is 2.67. The standard InChI is InChI=1S/C10H13NO4S2/c1-3-7(12)15-9-5-4-6-10(16-5)8(9)11(2)17(6,13)14/h3,5-6,8-10H,1,4H2,2H3/t5-,6?,8?,9?,10?/m0/s1. The van der Waals surface area contributed by atoms with Gasteiger partial charge in [0.1, 0.15) is 6.10 Å². The van der Waals surface area contributed by atoms with Crippen molar-refractivity contribution in [2.75, 3.05) is 7.05 Å². The average Bonchev–Trinajstić information content (AvgIpc) is 2.88. The van der Waals surface area contributed by atoms with Crippen LogP contribution >= 0.6 is 11.8 Å². The summed E-state index contributed by atoms with van der Waals surface area (Å²) < 4.78 is 30.8. The second-order valence-electron chi connectivity index (χ2n) is 4.57. The molecule has 17 heavy (non-hydrogen) atoms. The molecule has 4 unspecified atom stereocenters. The molecule has 0 spiro atoms. The number of hydrogen-bond acceptors (Lipinski definition) is 5. The summed E-state index contributed by atoms with van der Waals surface area (Å²) in [6.45, 7) is 3.36. The highest BCUT2D eigenvalue weighted by molar-refractivity contribution is 8.03. The summed E-state index contributed by atoms with van der Waals surface area (Å²) in [6, 6.07) is -0.197. The average molecular weight is 275 g/mol. The van der Waals surface area contributed by atoms with Gasteiger partial charge in [0.15, 0.2) is 0 Å². The van der Waals surface area contributed by atoms with Crippen LogP contribution in [0.1, 0.15) is 6.42 Å². The summed E-state index contributed by atoms with van der Waals surface area (Å²) in [5, 5.41) is -0.123. The second-order valence-corrected chi connectivity index (χ2v) is 8.20. The first-order valence-electron chi connectivity index (χ1n) is 5.42. The van der Waals surface area contributed by atoms with E-state index >= 15 is 0 Å². The molecule has 3 saturated heterocycles. The lowest BCUT2D eigenvalue weighted by atomic mass is 9.92. The third-order valence-corrected chi connectivity index (χ3v) is 8.03. The minimum atomic E-state index is -3.19. The summed E-state index contributed by atoms with van der Waals surface area (Å²) in [4.78, 5) is 11.3. The maximum atomic E-state index is 12.1. The molecule has 3 fully saturated rings. The lowest BCUT2D eigenvalue weighted by Gasteiger charge is -2.26. The van der Waals surface area contributed by atoms with Crippen molar-refractivity contribution in [3.8, 4) is 0 Å². The Labute approximate surface area is 104 Å². The van der Waals surface area contributed by atoms with Crippen molar-refractivity contribution in [3.63, 3.8) is 0 Å². The zero-order chi connectivity index (χ0) is 12.4. The number of esters is 1. The van der Waals surface area contributed by atoms with Crippen molar-refractivity contribution in [1.29, 1.82) is 0 Å². The predicted octanol–water partition coefficient (Wildman–Crippen LogP) is -0.0157. The Morgan fingerprint density at radius 3 is 2.94 bits per heavy atom. The first kappa shape index (κ1) is 11.6. The molecule has 3 aliphatic heterocycles. The predicted molar refractivity (Wildman–Crippen MR) is 64.1 cm³/mol. The molecule has 0 aromatic carbocycles. The van der Waals surface area contributed by atoms with E-state index in [4.69, 9.17) is 4.74 Å². The molecule has 5 nitrogen and oxygen atoms in total. The van der Waals surface area contributed by atoms with Crippen molar-refractivity contribution >= 4 is 27.8 Å². The van der Waals surface area contributed by atoms with Crippen LogP contribution in [0.3, 0.4) is 0 Å². The normalized spacial score (nSPS) is 46.1. The largest absolute Gasteiger partial charge is 0.456 e. The Balaban J connectivity index is 1.93. The van der Waals surface area contributed by atoms with E-state index < -0.39 is 16.0 Å². The summed E-state index contributed by atoms with van der Waals surface area (Å²) in [6.07, 6.45) is 1.39. The molecule has 0 aliphatic carbocycles. The molecule has 3 heterocycles. The number of rotatable bonds is 2. The van der Waals surface area contributed by atoms with Gasteiger partial charge >= 0.3 is 5.97 Å². The van der Waals surface area contributed by atoms with Gasteiger partial charge in [-0.15, -0.1) is 11.8 Å². The summed E-state index contributed by atoms with van der Waals surface area (Å²) in [5.41, 5.74) is 0. The van der Waals surface area contributed by atoms with Gasteiger partial charge in [0.25, 0.3) is 0 Å². The fourth-order valence-electron chi connectivity index (χ4n) is 3.04. The molecular formula is C10H13NO4S2. The van der Waals surface area contributed by atoms with Gasteiger partial charge in [0.2, 0.25) is 10.0 Å². The summed E-state index contributed by atoms with van der Waals surface area (Å²) >= 11 is 1.64. The van der Waals surface area contributed by atoms with Crippen molar-refractivity contribution < 1.29 is 17.9 Å². The Morgan fingerprint density at radius 2 is 2.29 bits per heavy atom. The maximum absolute atomic E-state index is 12.1. The van der Waals surface area contributed by atoms with Crippen molar-refractivity contribution in [2.24, 2.45) is 0 Å². The van der Waals surface area contributed by atoms with Gasteiger partial charge in [-0.3, -0.25) is 0 Å². The lowest BCUT2D eigenvalue weighted by Crippen LogP contribution is -2.45. The zero-order valence-electron chi connectivity index (χ0n) is 9.28. The van der Waals surface area contributed by atoms with Gasteiger partial charge in [0.05, 0.1) is 11.3 Å². The van der Waals surface area contributed by atoms with E-state index in [1.54, 1.807) is 18.8 Å². The second kappa shape index (κ2) is 3.49. The van der Waals surface area contributed by atoms with Crippen molar-refractivity contribution in [2.45, 2.75) is 34.3 Å². The molecule has 5 atom stereocenters. The van der Waals surface area contributed by atoms with E-state index in [0.717, 1.165) is 6.08 Å². The van der Waals surface area contributed by atoms with Gasteiger partial charge < -0.3 is 4.74 Å². The van der Waals surface area contributed by atoms with Crippen LogP contribution in [0.2, 0.25) is 0 Å². The molecule has 2 bridgehead atoms. The van der Waals surface area contributed by atoms with Crippen LogP contribution in [-0.2, 0) is 19.6 Å². The third kappa shape index (κ3) is 1.36. The summed E-state index contributed by atoms with van der Waals surface area (Å²) in [5.74, 6) is -0.475. The number of fused-ring (bicyclic) bond motifs is 1. The Kier molecular flexibility index (Phi) is 2.37. The van der Waals surface area contributed by atoms with Crippen LogP contribution in [-0.4, -0.2) is 53.6 Å². The molecule has 0 saturated carbocycles. The number of sulfonamides is 1. The number of carbonyl (C=O) groups excluding carboxylic acids is 1. The van der Waals surface area contributed by atoms with Crippen LogP contribution < -0.4 is 0 Å². The quantitative estimate of drug-likeness (QED) is 0.524. The monoisotopic (exact) mass is 275 g/mol. The number of hydrogen-bond donors (Lipinski definition) is 0. The Morgan fingerprint density at radius 1 is 1.59 bits per heavy atom.